The molecule has 1 aliphatic rings. The number of pyridine rings is 1. The standard InChI is InChI=1S/C19H29N5O3/c1-4-27-18(26)15-6-5-11-24(13-15)19(20-3)21-10-9-17(25)23-16-8-7-14(2)12-22-16/h7-8,12,15H,4-6,9-11,13H2,1-3H3,(H,20,21)(H,22,23,25). The van der Waals surface area contributed by atoms with E-state index in [-0.39, 0.29) is 17.8 Å². The average Bonchev–Trinajstić information content (AvgIpc) is 2.67. The smallest absolute Gasteiger partial charge is 0.310 e. The summed E-state index contributed by atoms with van der Waals surface area (Å²) in [5.74, 6) is 0.849. The Morgan fingerprint density at radius 2 is 2.22 bits per heavy atom. The minimum absolute atomic E-state index is 0.114. The maximum atomic E-state index is 12.1. The second-order valence-electron chi connectivity index (χ2n) is 6.53. The molecule has 0 spiro atoms. The number of ether oxygens (including phenoxy) is 1. The van der Waals surface area contributed by atoms with Crippen LogP contribution in [0.25, 0.3) is 0 Å². The predicted octanol–water partition coefficient (Wildman–Crippen LogP) is 1.57. The fourth-order valence-corrected chi connectivity index (χ4v) is 2.99. The lowest BCUT2D eigenvalue weighted by Gasteiger charge is -2.33. The van der Waals surface area contributed by atoms with Gasteiger partial charge in [0.05, 0.1) is 12.5 Å². The Balaban J connectivity index is 1.78. The Morgan fingerprint density at radius 1 is 1.41 bits per heavy atom. The molecule has 0 saturated carbocycles. The van der Waals surface area contributed by atoms with Gasteiger partial charge in [-0.25, -0.2) is 4.98 Å². The van der Waals surface area contributed by atoms with Crippen LogP contribution < -0.4 is 10.6 Å². The van der Waals surface area contributed by atoms with Gasteiger partial charge in [-0.1, -0.05) is 6.07 Å². The lowest BCUT2D eigenvalue weighted by atomic mass is 9.98. The van der Waals surface area contributed by atoms with E-state index in [0.717, 1.165) is 24.9 Å². The molecule has 1 unspecified atom stereocenters. The molecule has 0 radical (unpaired) electrons. The Bertz CT molecular complexity index is 660. The van der Waals surface area contributed by atoms with Gasteiger partial charge in [0, 0.05) is 39.3 Å². The molecular formula is C19H29N5O3. The van der Waals surface area contributed by atoms with Crippen LogP contribution in [-0.2, 0) is 14.3 Å². The quantitative estimate of drug-likeness (QED) is 0.445. The highest BCUT2D eigenvalue weighted by Crippen LogP contribution is 2.18. The highest BCUT2D eigenvalue weighted by molar-refractivity contribution is 5.90. The zero-order valence-electron chi connectivity index (χ0n) is 16.3. The van der Waals surface area contributed by atoms with Crippen molar-refractivity contribution in [2.75, 3.05) is 38.6 Å². The second-order valence-corrected chi connectivity index (χ2v) is 6.53. The number of aliphatic imine (C=N–C) groups is 1. The molecule has 1 saturated heterocycles. The molecule has 1 atom stereocenters. The molecule has 8 heteroatoms. The number of amides is 1. The van der Waals surface area contributed by atoms with Gasteiger partial charge < -0.3 is 20.3 Å². The van der Waals surface area contributed by atoms with Gasteiger partial charge in [0.25, 0.3) is 0 Å². The Kier molecular flexibility index (Phi) is 8.03. The van der Waals surface area contributed by atoms with Crippen molar-refractivity contribution in [2.45, 2.75) is 33.1 Å². The zero-order valence-corrected chi connectivity index (χ0v) is 16.3. The summed E-state index contributed by atoms with van der Waals surface area (Å²) in [6.07, 6.45) is 3.75. The minimum atomic E-state index is -0.150. The number of guanidine groups is 1. The topological polar surface area (TPSA) is 95.9 Å². The van der Waals surface area contributed by atoms with Crippen LogP contribution in [0.4, 0.5) is 5.82 Å². The third kappa shape index (κ3) is 6.54. The zero-order chi connectivity index (χ0) is 19.6. The number of aryl methyl sites for hydroxylation is 1. The molecule has 1 aromatic rings. The normalized spacial score (nSPS) is 17.4. The van der Waals surface area contributed by atoms with Crippen LogP contribution in [0.1, 0.15) is 31.7 Å². The molecule has 27 heavy (non-hydrogen) atoms. The fraction of sp³-hybridized carbons (Fsp3) is 0.579. The summed E-state index contributed by atoms with van der Waals surface area (Å²) in [4.78, 5) is 34.5. The van der Waals surface area contributed by atoms with Gasteiger partial charge in [0.15, 0.2) is 5.96 Å². The van der Waals surface area contributed by atoms with E-state index in [2.05, 4.69) is 20.6 Å². The van der Waals surface area contributed by atoms with Crippen molar-refractivity contribution in [3.05, 3.63) is 23.9 Å². The predicted molar refractivity (Wildman–Crippen MR) is 105 cm³/mol. The van der Waals surface area contributed by atoms with Crippen molar-refractivity contribution in [3.63, 3.8) is 0 Å². The maximum absolute atomic E-state index is 12.1. The third-order valence-electron chi connectivity index (χ3n) is 4.37. The third-order valence-corrected chi connectivity index (χ3v) is 4.37. The van der Waals surface area contributed by atoms with Crippen LogP contribution in [0.15, 0.2) is 23.3 Å². The molecule has 1 amide bonds. The first-order valence-electron chi connectivity index (χ1n) is 9.38. The summed E-state index contributed by atoms with van der Waals surface area (Å²) in [6.45, 7) is 6.02. The number of nitrogens with one attached hydrogen (secondary N) is 2. The lowest BCUT2D eigenvalue weighted by Crippen LogP contribution is -2.48. The second kappa shape index (κ2) is 10.5. The number of likely N-dealkylation sites (tertiary alicyclic amines) is 1. The molecule has 1 aliphatic heterocycles. The summed E-state index contributed by atoms with van der Waals surface area (Å²) in [5, 5.41) is 5.97. The summed E-state index contributed by atoms with van der Waals surface area (Å²) >= 11 is 0. The number of nitrogens with zero attached hydrogens (tertiary/aromatic N) is 3. The Morgan fingerprint density at radius 3 is 2.89 bits per heavy atom. The van der Waals surface area contributed by atoms with E-state index in [0.29, 0.717) is 37.9 Å². The maximum Gasteiger partial charge on any atom is 0.310 e. The number of hydrogen-bond donors (Lipinski definition) is 2. The highest BCUT2D eigenvalue weighted by Gasteiger charge is 2.28. The molecular weight excluding hydrogens is 346 g/mol. The van der Waals surface area contributed by atoms with Gasteiger partial charge in [0.2, 0.25) is 5.91 Å². The monoisotopic (exact) mass is 375 g/mol. The molecule has 1 aromatic heterocycles. The molecule has 2 rings (SSSR count). The van der Waals surface area contributed by atoms with Crippen LogP contribution in [0.3, 0.4) is 0 Å². The van der Waals surface area contributed by atoms with Crippen molar-refractivity contribution in [2.24, 2.45) is 10.9 Å². The average molecular weight is 375 g/mol. The minimum Gasteiger partial charge on any atom is -0.466 e. The van der Waals surface area contributed by atoms with Crippen LogP contribution in [-0.4, -0.2) is 61.0 Å². The number of anilines is 1. The number of carbonyl (C=O) groups is 2. The van der Waals surface area contributed by atoms with Crippen molar-refractivity contribution < 1.29 is 14.3 Å². The van der Waals surface area contributed by atoms with Gasteiger partial charge in [-0.15, -0.1) is 0 Å². The Hall–Kier alpha value is -2.64. The van der Waals surface area contributed by atoms with E-state index in [1.54, 1.807) is 19.3 Å². The van der Waals surface area contributed by atoms with Crippen LogP contribution in [0, 0.1) is 12.8 Å². The van der Waals surface area contributed by atoms with Gasteiger partial charge >= 0.3 is 5.97 Å². The van der Waals surface area contributed by atoms with E-state index >= 15 is 0 Å². The highest BCUT2D eigenvalue weighted by atomic mass is 16.5. The SMILES string of the molecule is CCOC(=O)C1CCCN(C(=NC)NCCC(=O)Nc2ccc(C)cn2)C1. The van der Waals surface area contributed by atoms with E-state index in [4.69, 9.17) is 4.74 Å². The van der Waals surface area contributed by atoms with E-state index < -0.39 is 0 Å². The largest absolute Gasteiger partial charge is 0.466 e. The number of aromatic nitrogens is 1. The summed E-state index contributed by atoms with van der Waals surface area (Å²) in [5.41, 5.74) is 1.04. The van der Waals surface area contributed by atoms with Gasteiger partial charge in [-0.3, -0.25) is 14.6 Å². The molecule has 2 heterocycles. The number of carbonyl (C=O) groups excluding carboxylic acids is 2. The fourth-order valence-electron chi connectivity index (χ4n) is 2.99. The summed E-state index contributed by atoms with van der Waals surface area (Å²) < 4.78 is 5.13. The summed E-state index contributed by atoms with van der Waals surface area (Å²) in [7, 11) is 1.70. The molecule has 1 fully saturated rings. The van der Waals surface area contributed by atoms with Crippen molar-refractivity contribution in [1.82, 2.24) is 15.2 Å². The first-order chi connectivity index (χ1) is 13.0. The van der Waals surface area contributed by atoms with Gasteiger partial charge in [-0.2, -0.15) is 0 Å². The van der Waals surface area contributed by atoms with Gasteiger partial charge in [-0.05, 0) is 38.3 Å². The molecule has 8 nitrogen and oxygen atoms in total. The van der Waals surface area contributed by atoms with E-state index in [1.165, 1.54) is 0 Å². The first kappa shape index (κ1) is 20.7. The van der Waals surface area contributed by atoms with Crippen molar-refractivity contribution in [3.8, 4) is 0 Å². The lowest BCUT2D eigenvalue weighted by molar-refractivity contribution is -0.149. The van der Waals surface area contributed by atoms with E-state index in [1.807, 2.05) is 24.8 Å². The van der Waals surface area contributed by atoms with Gasteiger partial charge in [0.1, 0.15) is 5.82 Å². The van der Waals surface area contributed by atoms with Crippen LogP contribution in [0.5, 0.6) is 0 Å². The molecule has 0 aromatic carbocycles. The molecule has 2 N–H and O–H groups in total. The van der Waals surface area contributed by atoms with Crippen LogP contribution in [0.2, 0.25) is 0 Å². The number of piperidine rings is 1. The molecule has 0 bridgehead atoms. The number of rotatable bonds is 6. The number of hydrogen-bond acceptors (Lipinski definition) is 5. The van der Waals surface area contributed by atoms with Crippen LogP contribution >= 0.6 is 0 Å². The molecule has 148 valence electrons. The molecule has 0 aliphatic carbocycles. The summed E-state index contributed by atoms with van der Waals surface area (Å²) in [6, 6.07) is 3.68. The first-order valence-corrected chi connectivity index (χ1v) is 9.38. The van der Waals surface area contributed by atoms with Crippen molar-refractivity contribution >= 4 is 23.7 Å². The Labute approximate surface area is 160 Å². The number of esters is 1. The van der Waals surface area contributed by atoms with E-state index in [9.17, 15) is 9.59 Å². The van der Waals surface area contributed by atoms with Crippen molar-refractivity contribution in [1.29, 1.82) is 0 Å².